The fraction of sp³-hybridized carbons (Fsp3) is 0.391. The lowest BCUT2D eigenvalue weighted by Crippen LogP contribution is -2.37. The molecule has 0 spiro atoms. The van der Waals surface area contributed by atoms with Gasteiger partial charge in [0, 0.05) is 31.2 Å². The van der Waals surface area contributed by atoms with Crippen LogP contribution in [0.4, 0.5) is 13.2 Å². The Labute approximate surface area is 189 Å². The standard InChI is InChI=1S/C23H24ClF3N2O3/c24-20-8-7-19(23(25,26)27)13-18(20)14-21(30)29-10-4-9-28(11-12-29)15-22(31)32-16-17-5-2-1-3-6-17/h1-3,5-8,13H,4,9-12,14-16H2. The summed E-state index contributed by atoms with van der Waals surface area (Å²) in [6.45, 7) is 2.26. The molecule has 2 aromatic carbocycles. The molecule has 0 unspecified atom stereocenters. The van der Waals surface area contributed by atoms with Crippen LogP contribution >= 0.6 is 11.6 Å². The lowest BCUT2D eigenvalue weighted by atomic mass is 10.1. The van der Waals surface area contributed by atoms with Crippen LogP contribution in [0.2, 0.25) is 5.02 Å². The molecule has 0 atom stereocenters. The van der Waals surface area contributed by atoms with E-state index in [4.69, 9.17) is 16.3 Å². The van der Waals surface area contributed by atoms with E-state index < -0.39 is 11.7 Å². The minimum atomic E-state index is -4.50. The minimum absolute atomic E-state index is 0.119. The molecule has 2 aromatic rings. The quantitative estimate of drug-likeness (QED) is 0.597. The van der Waals surface area contributed by atoms with Crippen molar-refractivity contribution in [1.29, 1.82) is 0 Å². The number of hydrogen-bond donors (Lipinski definition) is 0. The number of rotatable bonds is 6. The molecule has 32 heavy (non-hydrogen) atoms. The summed E-state index contributed by atoms with van der Waals surface area (Å²) in [5, 5.41) is 0.129. The third-order valence-electron chi connectivity index (χ3n) is 5.25. The summed E-state index contributed by atoms with van der Waals surface area (Å²) in [7, 11) is 0. The molecule has 172 valence electrons. The first-order chi connectivity index (χ1) is 15.2. The van der Waals surface area contributed by atoms with Crippen LogP contribution in [0.1, 0.15) is 23.1 Å². The molecular weight excluding hydrogens is 445 g/mol. The average molecular weight is 469 g/mol. The number of esters is 1. The Morgan fingerprint density at radius 1 is 1.00 bits per heavy atom. The number of carbonyl (C=O) groups excluding carboxylic acids is 2. The van der Waals surface area contributed by atoms with Crippen molar-refractivity contribution >= 4 is 23.5 Å². The molecule has 9 heteroatoms. The van der Waals surface area contributed by atoms with Gasteiger partial charge in [-0.3, -0.25) is 14.5 Å². The van der Waals surface area contributed by atoms with Crippen molar-refractivity contribution < 1.29 is 27.5 Å². The lowest BCUT2D eigenvalue weighted by molar-refractivity contribution is -0.146. The van der Waals surface area contributed by atoms with E-state index in [2.05, 4.69) is 0 Å². The number of carbonyl (C=O) groups is 2. The molecule has 1 aliphatic heterocycles. The van der Waals surface area contributed by atoms with E-state index in [0.717, 1.165) is 23.8 Å². The Morgan fingerprint density at radius 2 is 1.75 bits per heavy atom. The highest BCUT2D eigenvalue weighted by molar-refractivity contribution is 6.31. The number of nitrogens with zero attached hydrogens (tertiary/aromatic N) is 2. The SMILES string of the molecule is O=C(CN1CCCN(C(=O)Cc2cc(C(F)(F)F)ccc2Cl)CC1)OCc1ccccc1. The highest BCUT2D eigenvalue weighted by Gasteiger charge is 2.31. The summed E-state index contributed by atoms with van der Waals surface area (Å²) in [5.74, 6) is -0.635. The molecule has 0 N–H and O–H groups in total. The molecule has 1 heterocycles. The van der Waals surface area contributed by atoms with E-state index >= 15 is 0 Å². The topological polar surface area (TPSA) is 49.9 Å². The van der Waals surface area contributed by atoms with Crippen molar-refractivity contribution in [1.82, 2.24) is 9.80 Å². The normalized spacial score (nSPS) is 15.3. The van der Waals surface area contributed by atoms with Crippen molar-refractivity contribution in [2.75, 3.05) is 32.7 Å². The van der Waals surface area contributed by atoms with Gasteiger partial charge in [-0.25, -0.2) is 0 Å². The zero-order valence-electron chi connectivity index (χ0n) is 17.4. The first-order valence-corrected chi connectivity index (χ1v) is 10.7. The molecule has 3 rings (SSSR count). The molecule has 0 radical (unpaired) electrons. The fourth-order valence-electron chi connectivity index (χ4n) is 3.51. The van der Waals surface area contributed by atoms with Gasteiger partial charge < -0.3 is 9.64 Å². The summed E-state index contributed by atoms with van der Waals surface area (Å²) in [6.07, 6.45) is -4.06. The van der Waals surface area contributed by atoms with E-state index in [0.29, 0.717) is 32.6 Å². The molecule has 1 saturated heterocycles. The Hall–Kier alpha value is -2.58. The van der Waals surface area contributed by atoms with Crippen LogP contribution in [-0.2, 0) is 33.5 Å². The second-order valence-corrected chi connectivity index (χ2v) is 8.04. The zero-order valence-corrected chi connectivity index (χ0v) is 18.2. The maximum atomic E-state index is 13.0. The molecule has 5 nitrogen and oxygen atoms in total. The van der Waals surface area contributed by atoms with Crippen molar-refractivity contribution in [3.8, 4) is 0 Å². The van der Waals surface area contributed by atoms with E-state index in [9.17, 15) is 22.8 Å². The highest BCUT2D eigenvalue weighted by atomic mass is 35.5. The molecule has 0 saturated carbocycles. The number of ether oxygens (including phenoxy) is 1. The van der Waals surface area contributed by atoms with Crippen LogP contribution in [0.25, 0.3) is 0 Å². The molecule has 0 aromatic heterocycles. The first-order valence-electron chi connectivity index (χ1n) is 10.3. The summed E-state index contributed by atoms with van der Waals surface area (Å²) in [6, 6.07) is 12.4. The lowest BCUT2D eigenvalue weighted by Gasteiger charge is -2.22. The van der Waals surface area contributed by atoms with E-state index in [1.807, 2.05) is 35.2 Å². The van der Waals surface area contributed by atoms with Crippen LogP contribution in [0.5, 0.6) is 0 Å². The van der Waals surface area contributed by atoms with Crippen LogP contribution in [-0.4, -0.2) is 54.4 Å². The molecular formula is C23H24ClF3N2O3. The number of halogens is 4. The van der Waals surface area contributed by atoms with Crippen molar-refractivity contribution in [3.05, 3.63) is 70.2 Å². The van der Waals surface area contributed by atoms with Gasteiger partial charge in [0.2, 0.25) is 5.91 Å². The predicted molar refractivity (Wildman–Crippen MR) is 114 cm³/mol. The van der Waals surface area contributed by atoms with Crippen LogP contribution < -0.4 is 0 Å². The second-order valence-electron chi connectivity index (χ2n) is 7.64. The third kappa shape index (κ3) is 6.97. The number of amides is 1. The van der Waals surface area contributed by atoms with Crippen LogP contribution in [0, 0.1) is 0 Å². The first kappa shape index (κ1) is 24.1. The van der Waals surface area contributed by atoms with Gasteiger partial charge in [-0.1, -0.05) is 41.9 Å². The molecule has 1 fully saturated rings. The summed E-state index contributed by atoms with van der Waals surface area (Å²) in [5.41, 5.74) is 0.222. The Morgan fingerprint density at radius 3 is 2.47 bits per heavy atom. The Balaban J connectivity index is 1.50. The summed E-state index contributed by atoms with van der Waals surface area (Å²) >= 11 is 6.02. The predicted octanol–water partition coefficient (Wildman–Crippen LogP) is 4.18. The number of alkyl halides is 3. The van der Waals surface area contributed by atoms with E-state index in [1.54, 1.807) is 4.90 Å². The van der Waals surface area contributed by atoms with Gasteiger partial charge in [-0.15, -0.1) is 0 Å². The molecule has 1 amide bonds. The summed E-state index contributed by atoms with van der Waals surface area (Å²) in [4.78, 5) is 28.4. The van der Waals surface area contributed by atoms with Gasteiger partial charge in [0.05, 0.1) is 18.5 Å². The zero-order chi connectivity index (χ0) is 23.1. The monoisotopic (exact) mass is 468 g/mol. The van der Waals surface area contributed by atoms with Gasteiger partial charge in [-0.2, -0.15) is 13.2 Å². The molecule has 0 bridgehead atoms. The molecule has 0 aliphatic carbocycles. The largest absolute Gasteiger partial charge is 0.460 e. The fourth-order valence-corrected chi connectivity index (χ4v) is 3.69. The van der Waals surface area contributed by atoms with Crippen molar-refractivity contribution in [2.45, 2.75) is 25.6 Å². The van der Waals surface area contributed by atoms with Crippen LogP contribution in [0.3, 0.4) is 0 Å². The van der Waals surface area contributed by atoms with E-state index in [1.165, 1.54) is 0 Å². The average Bonchev–Trinajstić information content (AvgIpc) is 2.99. The molecule has 1 aliphatic rings. The van der Waals surface area contributed by atoms with Gasteiger partial charge in [0.1, 0.15) is 6.61 Å². The van der Waals surface area contributed by atoms with Gasteiger partial charge in [0.25, 0.3) is 0 Å². The Kier molecular flexibility index (Phi) is 8.15. The van der Waals surface area contributed by atoms with Gasteiger partial charge in [-0.05, 0) is 35.7 Å². The van der Waals surface area contributed by atoms with Gasteiger partial charge >= 0.3 is 12.1 Å². The minimum Gasteiger partial charge on any atom is -0.460 e. The number of hydrogen-bond acceptors (Lipinski definition) is 4. The highest BCUT2D eigenvalue weighted by Crippen LogP contribution is 2.32. The van der Waals surface area contributed by atoms with Gasteiger partial charge in [0.15, 0.2) is 0 Å². The summed E-state index contributed by atoms with van der Waals surface area (Å²) < 4.78 is 44.2. The maximum absolute atomic E-state index is 13.0. The van der Waals surface area contributed by atoms with E-state index in [-0.39, 0.29) is 42.0 Å². The third-order valence-corrected chi connectivity index (χ3v) is 5.62. The Bertz CT molecular complexity index is 938. The van der Waals surface area contributed by atoms with Crippen molar-refractivity contribution in [3.63, 3.8) is 0 Å². The second kappa shape index (κ2) is 10.8. The van der Waals surface area contributed by atoms with Crippen LogP contribution in [0.15, 0.2) is 48.5 Å². The maximum Gasteiger partial charge on any atom is 0.416 e. The van der Waals surface area contributed by atoms with Crippen molar-refractivity contribution in [2.24, 2.45) is 0 Å². The smallest absolute Gasteiger partial charge is 0.416 e. The number of benzene rings is 2.